The number of likely N-dealkylation sites (tertiary alicyclic amines) is 1. The van der Waals surface area contributed by atoms with Crippen molar-refractivity contribution in [3.63, 3.8) is 0 Å². The molecule has 2 aliphatic rings. The first-order valence-corrected chi connectivity index (χ1v) is 9.19. The van der Waals surface area contributed by atoms with Gasteiger partial charge in [-0.3, -0.25) is 14.7 Å². The Morgan fingerprint density at radius 1 is 1.33 bits per heavy atom. The average Bonchev–Trinajstić information content (AvgIpc) is 3.35. The molecular formula is C17H34IN5O. The van der Waals surface area contributed by atoms with Gasteiger partial charge in [0.1, 0.15) is 0 Å². The van der Waals surface area contributed by atoms with Gasteiger partial charge in [0.05, 0.1) is 6.54 Å². The van der Waals surface area contributed by atoms with E-state index in [0.717, 1.165) is 64.1 Å². The molecule has 2 rings (SSSR count). The van der Waals surface area contributed by atoms with Crippen molar-refractivity contribution in [3.8, 4) is 0 Å². The number of carbonyl (C=O) groups excluding carboxylic acids is 1. The summed E-state index contributed by atoms with van der Waals surface area (Å²) in [6, 6.07) is 0.799. The quantitative estimate of drug-likeness (QED) is 0.334. The lowest BCUT2D eigenvalue weighted by Gasteiger charge is -2.34. The highest BCUT2D eigenvalue weighted by Gasteiger charge is 2.27. The Balaban J connectivity index is 0.00000288. The van der Waals surface area contributed by atoms with Crippen LogP contribution in [0.5, 0.6) is 0 Å². The fourth-order valence-corrected chi connectivity index (χ4v) is 3.46. The number of hydrogen-bond acceptors (Lipinski definition) is 3. The van der Waals surface area contributed by atoms with Crippen LogP contribution in [0.3, 0.4) is 0 Å². The number of carbonyl (C=O) groups is 1. The number of likely N-dealkylation sites (N-methyl/N-ethyl adjacent to an activating group) is 1. The fraction of sp³-hybridized carbons (Fsp3) is 0.882. The predicted molar refractivity (Wildman–Crippen MR) is 110 cm³/mol. The molecule has 1 saturated carbocycles. The Morgan fingerprint density at radius 3 is 2.67 bits per heavy atom. The number of primary amides is 1. The first kappa shape index (κ1) is 21.5. The lowest BCUT2D eigenvalue weighted by molar-refractivity contribution is -0.119. The highest BCUT2D eigenvalue weighted by molar-refractivity contribution is 14.0. The smallest absolute Gasteiger partial charge is 0.217 e. The predicted octanol–water partition coefficient (Wildman–Crippen LogP) is 1.64. The van der Waals surface area contributed by atoms with Crippen LogP contribution >= 0.6 is 24.0 Å². The van der Waals surface area contributed by atoms with E-state index in [4.69, 9.17) is 10.7 Å². The number of halogens is 1. The van der Waals surface area contributed by atoms with Gasteiger partial charge >= 0.3 is 0 Å². The Morgan fingerprint density at radius 2 is 2.08 bits per heavy atom. The van der Waals surface area contributed by atoms with E-state index in [1.165, 1.54) is 12.8 Å². The van der Waals surface area contributed by atoms with Gasteiger partial charge in [0.25, 0.3) is 0 Å². The van der Waals surface area contributed by atoms with Gasteiger partial charge in [-0.2, -0.15) is 0 Å². The monoisotopic (exact) mass is 451 g/mol. The minimum Gasteiger partial charge on any atom is -0.370 e. The Labute approximate surface area is 163 Å². The van der Waals surface area contributed by atoms with Crippen LogP contribution in [-0.2, 0) is 4.79 Å². The molecule has 7 heteroatoms. The van der Waals surface area contributed by atoms with Gasteiger partial charge < -0.3 is 16.0 Å². The van der Waals surface area contributed by atoms with Crippen molar-refractivity contribution in [2.45, 2.75) is 52.0 Å². The van der Waals surface area contributed by atoms with Gasteiger partial charge in [0, 0.05) is 38.6 Å². The standard InChI is InChI=1S/C17H33N5O.HI/c1-3-19-17(20-9-11-21(4-2)15-7-8-15)22-10-5-6-14(13-22)12-16(18)23;/h14-15H,3-13H2,1-2H3,(H2,18,23)(H,19,20);1H. The van der Waals surface area contributed by atoms with Crippen LogP contribution in [-0.4, -0.2) is 67.0 Å². The molecule has 140 valence electrons. The van der Waals surface area contributed by atoms with Gasteiger partial charge in [-0.1, -0.05) is 6.92 Å². The van der Waals surface area contributed by atoms with Gasteiger partial charge in [0.2, 0.25) is 5.91 Å². The third-order valence-corrected chi connectivity index (χ3v) is 4.76. The van der Waals surface area contributed by atoms with Gasteiger partial charge in [-0.05, 0) is 45.1 Å². The van der Waals surface area contributed by atoms with Crippen LogP contribution in [0.2, 0.25) is 0 Å². The van der Waals surface area contributed by atoms with Crippen molar-refractivity contribution >= 4 is 35.8 Å². The van der Waals surface area contributed by atoms with E-state index in [1.54, 1.807) is 0 Å². The molecule has 3 N–H and O–H groups in total. The first-order valence-electron chi connectivity index (χ1n) is 9.19. The molecule has 0 spiro atoms. The molecule has 0 aromatic rings. The third-order valence-electron chi connectivity index (χ3n) is 4.76. The molecule has 1 unspecified atom stereocenters. The molecule has 0 aromatic carbocycles. The average molecular weight is 451 g/mol. The number of amides is 1. The zero-order valence-electron chi connectivity index (χ0n) is 15.2. The number of nitrogens with zero attached hydrogens (tertiary/aromatic N) is 3. The Bertz CT molecular complexity index is 414. The van der Waals surface area contributed by atoms with Crippen LogP contribution in [0.1, 0.15) is 46.0 Å². The second-order valence-corrected chi connectivity index (χ2v) is 6.72. The van der Waals surface area contributed by atoms with E-state index in [0.29, 0.717) is 12.3 Å². The zero-order chi connectivity index (χ0) is 16.7. The molecule has 24 heavy (non-hydrogen) atoms. The van der Waals surface area contributed by atoms with E-state index in [9.17, 15) is 4.79 Å². The van der Waals surface area contributed by atoms with Crippen LogP contribution in [0.15, 0.2) is 4.99 Å². The number of piperidine rings is 1. The van der Waals surface area contributed by atoms with E-state index in [2.05, 4.69) is 29.0 Å². The summed E-state index contributed by atoms with van der Waals surface area (Å²) in [6.07, 6.45) is 5.37. The van der Waals surface area contributed by atoms with Crippen LogP contribution in [0.25, 0.3) is 0 Å². The lowest BCUT2D eigenvalue weighted by Crippen LogP contribution is -2.47. The summed E-state index contributed by atoms with van der Waals surface area (Å²) in [4.78, 5) is 20.8. The van der Waals surface area contributed by atoms with Crippen LogP contribution in [0, 0.1) is 5.92 Å². The zero-order valence-corrected chi connectivity index (χ0v) is 17.5. The lowest BCUT2D eigenvalue weighted by atomic mass is 9.95. The molecule has 1 heterocycles. The minimum atomic E-state index is -0.193. The van der Waals surface area contributed by atoms with Crippen molar-refractivity contribution in [1.29, 1.82) is 0 Å². The molecule has 6 nitrogen and oxygen atoms in total. The van der Waals surface area contributed by atoms with Crippen molar-refractivity contribution < 1.29 is 4.79 Å². The number of nitrogens with one attached hydrogen (secondary N) is 1. The second kappa shape index (κ2) is 11.1. The highest BCUT2D eigenvalue weighted by atomic mass is 127. The van der Waals surface area contributed by atoms with Gasteiger partial charge in [-0.25, -0.2) is 0 Å². The molecule has 0 radical (unpaired) electrons. The summed E-state index contributed by atoms with van der Waals surface area (Å²) >= 11 is 0. The Kier molecular flexibility index (Phi) is 9.95. The number of rotatable bonds is 8. The van der Waals surface area contributed by atoms with Crippen LogP contribution in [0.4, 0.5) is 0 Å². The number of nitrogens with two attached hydrogens (primary N) is 1. The molecule has 1 aliphatic heterocycles. The van der Waals surface area contributed by atoms with Crippen LogP contribution < -0.4 is 11.1 Å². The fourth-order valence-electron chi connectivity index (χ4n) is 3.46. The Hall–Kier alpha value is -0.570. The maximum Gasteiger partial charge on any atom is 0.217 e. The molecule has 1 aliphatic carbocycles. The molecule has 0 aromatic heterocycles. The van der Waals surface area contributed by atoms with Crippen molar-refractivity contribution in [2.75, 3.05) is 39.3 Å². The molecular weight excluding hydrogens is 417 g/mol. The van der Waals surface area contributed by atoms with E-state index in [1.807, 2.05) is 0 Å². The topological polar surface area (TPSA) is 74.0 Å². The number of aliphatic imine (C=N–C) groups is 1. The summed E-state index contributed by atoms with van der Waals surface area (Å²) in [5.41, 5.74) is 5.36. The summed E-state index contributed by atoms with van der Waals surface area (Å²) in [6.45, 7) is 10.1. The van der Waals surface area contributed by atoms with E-state index >= 15 is 0 Å². The summed E-state index contributed by atoms with van der Waals surface area (Å²) in [7, 11) is 0. The molecule has 1 atom stereocenters. The maximum atomic E-state index is 11.2. The SMILES string of the molecule is CCNC(=NCCN(CC)C1CC1)N1CCCC(CC(N)=O)C1.I. The summed E-state index contributed by atoms with van der Waals surface area (Å²) in [5.74, 6) is 1.17. The molecule has 1 saturated heterocycles. The maximum absolute atomic E-state index is 11.2. The number of hydrogen-bond donors (Lipinski definition) is 2. The normalized spacial score (nSPS) is 21.5. The van der Waals surface area contributed by atoms with Crippen molar-refractivity contribution in [2.24, 2.45) is 16.6 Å². The van der Waals surface area contributed by atoms with E-state index in [-0.39, 0.29) is 29.9 Å². The second-order valence-electron chi connectivity index (χ2n) is 6.72. The molecule has 0 bridgehead atoms. The van der Waals surface area contributed by atoms with Crippen molar-refractivity contribution in [1.82, 2.24) is 15.1 Å². The molecule has 2 fully saturated rings. The van der Waals surface area contributed by atoms with Gasteiger partial charge in [-0.15, -0.1) is 24.0 Å². The highest BCUT2D eigenvalue weighted by Crippen LogP contribution is 2.26. The first-order chi connectivity index (χ1) is 11.1. The minimum absolute atomic E-state index is 0. The number of guanidine groups is 1. The van der Waals surface area contributed by atoms with E-state index < -0.39 is 0 Å². The summed E-state index contributed by atoms with van der Waals surface area (Å²) < 4.78 is 0. The largest absolute Gasteiger partial charge is 0.370 e. The van der Waals surface area contributed by atoms with Crippen molar-refractivity contribution in [3.05, 3.63) is 0 Å². The van der Waals surface area contributed by atoms with Gasteiger partial charge in [0.15, 0.2) is 5.96 Å². The summed E-state index contributed by atoms with van der Waals surface area (Å²) in [5, 5.41) is 3.40. The molecule has 1 amide bonds. The third kappa shape index (κ3) is 7.13.